The number of rotatable bonds is 17. The third kappa shape index (κ3) is 11.7. The van der Waals surface area contributed by atoms with E-state index in [2.05, 4.69) is 16.0 Å². The van der Waals surface area contributed by atoms with E-state index in [4.69, 9.17) is 5.73 Å². The number of aromatic hydroxyl groups is 2. The molecular formula is C28H36N4O9S. The van der Waals surface area contributed by atoms with E-state index in [9.17, 15) is 44.4 Å². The molecule has 0 heterocycles. The zero-order chi connectivity index (χ0) is 31.2. The molecule has 0 bridgehead atoms. The Hall–Kier alpha value is -4.30. The smallest absolute Gasteiger partial charge is 0.326 e. The molecule has 2 aromatic rings. The number of phenolic OH excluding ortho intramolecular Hbond substituents is 2. The summed E-state index contributed by atoms with van der Waals surface area (Å²) in [5, 5.41) is 45.2. The van der Waals surface area contributed by atoms with Crippen LogP contribution in [0.25, 0.3) is 0 Å². The van der Waals surface area contributed by atoms with Crippen molar-refractivity contribution in [3.63, 3.8) is 0 Å². The highest BCUT2D eigenvalue weighted by Gasteiger charge is 2.31. The summed E-state index contributed by atoms with van der Waals surface area (Å²) < 4.78 is 0. The molecule has 2 aromatic carbocycles. The molecule has 0 aliphatic heterocycles. The van der Waals surface area contributed by atoms with Gasteiger partial charge in [-0.3, -0.25) is 19.2 Å². The van der Waals surface area contributed by atoms with Crippen molar-refractivity contribution in [3.05, 3.63) is 59.7 Å². The van der Waals surface area contributed by atoms with Crippen molar-refractivity contribution in [2.45, 2.75) is 56.3 Å². The molecule has 0 aliphatic rings. The van der Waals surface area contributed by atoms with Crippen LogP contribution in [-0.2, 0) is 36.8 Å². The number of thioether (sulfide) groups is 1. The minimum Gasteiger partial charge on any atom is -0.508 e. The minimum absolute atomic E-state index is 0.0214. The Morgan fingerprint density at radius 3 is 1.69 bits per heavy atom. The number of aliphatic carboxylic acids is 2. The molecule has 13 nitrogen and oxygen atoms in total. The molecule has 0 saturated heterocycles. The lowest BCUT2D eigenvalue weighted by Crippen LogP contribution is -2.57. The number of phenols is 2. The first kappa shape index (κ1) is 33.9. The van der Waals surface area contributed by atoms with Gasteiger partial charge in [-0.2, -0.15) is 11.8 Å². The van der Waals surface area contributed by atoms with Crippen LogP contribution in [0.15, 0.2) is 48.5 Å². The standard InChI is InChI=1S/C28H36N4O9S/c1-42-13-12-22(28(40)41)31-27(39)23(15-17-4-8-19(34)9-5-17)32-26(38)21(10-11-24(35)36)30-25(37)20(29)14-16-2-6-18(33)7-3-16/h2-9,20-23,33-34H,10-15,29H2,1H3,(H,30,37)(H,31,39)(H,32,38)(H,35,36)(H,40,41). The number of amides is 3. The number of hydrogen-bond donors (Lipinski definition) is 8. The lowest BCUT2D eigenvalue weighted by Gasteiger charge is -2.25. The van der Waals surface area contributed by atoms with Gasteiger partial charge in [-0.1, -0.05) is 24.3 Å². The lowest BCUT2D eigenvalue weighted by molar-refractivity contribution is -0.142. The maximum absolute atomic E-state index is 13.3. The van der Waals surface area contributed by atoms with Crippen molar-refractivity contribution in [2.75, 3.05) is 12.0 Å². The third-order valence-electron chi connectivity index (χ3n) is 6.24. The van der Waals surface area contributed by atoms with Gasteiger partial charge in [0.25, 0.3) is 0 Å². The maximum Gasteiger partial charge on any atom is 0.326 e. The summed E-state index contributed by atoms with van der Waals surface area (Å²) in [7, 11) is 0. The average molecular weight is 605 g/mol. The molecule has 0 saturated carbocycles. The summed E-state index contributed by atoms with van der Waals surface area (Å²) in [5.74, 6) is -4.39. The number of carbonyl (C=O) groups excluding carboxylic acids is 3. The first-order valence-electron chi connectivity index (χ1n) is 13.1. The van der Waals surface area contributed by atoms with Crippen LogP contribution in [0.2, 0.25) is 0 Å². The first-order chi connectivity index (χ1) is 19.9. The molecule has 0 aromatic heterocycles. The topological polar surface area (TPSA) is 228 Å². The number of carboxylic acid groups (broad SMARTS) is 2. The van der Waals surface area contributed by atoms with E-state index in [-0.39, 0.29) is 37.2 Å². The number of hydrogen-bond acceptors (Lipinski definition) is 9. The number of benzene rings is 2. The summed E-state index contributed by atoms with van der Waals surface area (Å²) in [5.41, 5.74) is 7.19. The van der Waals surface area contributed by atoms with Gasteiger partial charge in [0.2, 0.25) is 17.7 Å². The molecule has 4 atom stereocenters. The largest absolute Gasteiger partial charge is 0.508 e. The summed E-state index contributed by atoms with van der Waals surface area (Å²) in [6, 6.07) is 6.83. The zero-order valence-electron chi connectivity index (χ0n) is 23.0. The zero-order valence-corrected chi connectivity index (χ0v) is 23.8. The second kappa shape index (κ2) is 16.8. The minimum atomic E-state index is -1.37. The summed E-state index contributed by atoms with van der Waals surface area (Å²) in [4.78, 5) is 62.4. The van der Waals surface area contributed by atoms with Gasteiger partial charge in [0.15, 0.2) is 0 Å². The van der Waals surface area contributed by atoms with Gasteiger partial charge in [-0.05, 0) is 66.7 Å². The van der Waals surface area contributed by atoms with Crippen LogP contribution >= 0.6 is 11.8 Å². The second-order valence-electron chi connectivity index (χ2n) is 9.58. The van der Waals surface area contributed by atoms with Crippen LogP contribution in [0.3, 0.4) is 0 Å². The lowest BCUT2D eigenvalue weighted by atomic mass is 10.0. The van der Waals surface area contributed by atoms with Gasteiger partial charge < -0.3 is 42.1 Å². The van der Waals surface area contributed by atoms with Crippen molar-refractivity contribution >= 4 is 41.4 Å². The van der Waals surface area contributed by atoms with Crippen LogP contribution in [0.1, 0.15) is 30.4 Å². The Balaban J connectivity index is 2.23. The van der Waals surface area contributed by atoms with Crippen LogP contribution in [0, 0.1) is 0 Å². The second-order valence-corrected chi connectivity index (χ2v) is 10.6. The molecular weight excluding hydrogens is 568 g/mol. The SMILES string of the molecule is CSCCC(NC(=O)C(Cc1ccc(O)cc1)NC(=O)C(CCC(=O)O)NC(=O)C(N)Cc1ccc(O)cc1)C(=O)O. The summed E-state index contributed by atoms with van der Waals surface area (Å²) in [6.45, 7) is 0. The molecule has 4 unspecified atom stereocenters. The van der Waals surface area contributed by atoms with E-state index >= 15 is 0 Å². The van der Waals surface area contributed by atoms with Crippen LogP contribution in [0.4, 0.5) is 0 Å². The summed E-state index contributed by atoms with van der Waals surface area (Å²) >= 11 is 1.40. The van der Waals surface area contributed by atoms with Gasteiger partial charge >= 0.3 is 11.9 Å². The molecule has 9 N–H and O–H groups in total. The third-order valence-corrected chi connectivity index (χ3v) is 6.89. The fourth-order valence-electron chi connectivity index (χ4n) is 3.91. The number of carboxylic acids is 2. The van der Waals surface area contributed by atoms with Gasteiger partial charge in [-0.15, -0.1) is 0 Å². The van der Waals surface area contributed by atoms with Crippen molar-refractivity contribution < 1.29 is 44.4 Å². The van der Waals surface area contributed by atoms with Crippen molar-refractivity contribution in [1.82, 2.24) is 16.0 Å². The van der Waals surface area contributed by atoms with Gasteiger partial charge in [0.1, 0.15) is 29.6 Å². The average Bonchev–Trinajstić information content (AvgIpc) is 2.94. The monoisotopic (exact) mass is 604 g/mol. The number of nitrogens with two attached hydrogens (primary N) is 1. The van der Waals surface area contributed by atoms with E-state index in [0.29, 0.717) is 16.9 Å². The Labute approximate surface area is 246 Å². The molecule has 0 spiro atoms. The fraction of sp³-hybridized carbons (Fsp3) is 0.393. The highest BCUT2D eigenvalue weighted by Crippen LogP contribution is 2.13. The molecule has 0 fully saturated rings. The molecule has 3 amide bonds. The molecule has 0 radical (unpaired) electrons. The number of nitrogens with one attached hydrogen (secondary N) is 3. The van der Waals surface area contributed by atoms with Crippen molar-refractivity contribution in [1.29, 1.82) is 0 Å². The Morgan fingerprint density at radius 2 is 1.19 bits per heavy atom. The van der Waals surface area contributed by atoms with Crippen LogP contribution in [0.5, 0.6) is 11.5 Å². The van der Waals surface area contributed by atoms with Crippen LogP contribution in [-0.4, -0.2) is 86.3 Å². The highest BCUT2D eigenvalue weighted by molar-refractivity contribution is 7.98. The van der Waals surface area contributed by atoms with Gasteiger partial charge in [0, 0.05) is 12.8 Å². The molecule has 0 aliphatic carbocycles. The van der Waals surface area contributed by atoms with E-state index in [1.165, 1.54) is 48.2 Å². The predicted molar refractivity (Wildman–Crippen MR) is 155 cm³/mol. The Morgan fingerprint density at radius 1 is 0.714 bits per heavy atom. The van der Waals surface area contributed by atoms with E-state index in [1.807, 2.05) is 0 Å². The Bertz CT molecular complexity index is 1220. The summed E-state index contributed by atoms with van der Waals surface area (Å²) in [6.07, 6.45) is 1.12. The van der Waals surface area contributed by atoms with Crippen molar-refractivity contribution in [2.24, 2.45) is 5.73 Å². The first-order valence-corrected chi connectivity index (χ1v) is 14.4. The molecule has 42 heavy (non-hydrogen) atoms. The maximum atomic E-state index is 13.3. The van der Waals surface area contributed by atoms with E-state index in [1.54, 1.807) is 18.4 Å². The molecule has 2 rings (SSSR count). The quantitative estimate of drug-likeness (QED) is 0.123. The number of carbonyl (C=O) groups is 5. The fourth-order valence-corrected chi connectivity index (χ4v) is 4.38. The van der Waals surface area contributed by atoms with Crippen molar-refractivity contribution in [3.8, 4) is 11.5 Å². The Kier molecular flexibility index (Phi) is 13.6. The molecule has 228 valence electrons. The van der Waals surface area contributed by atoms with Gasteiger partial charge in [-0.25, -0.2) is 4.79 Å². The van der Waals surface area contributed by atoms with Crippen LogP contribution < -0.4 is 21.7 Å². The molecule has 14 heteroatoms. The predicted octanol–water partition coefficient (Wildman–Crippen LogP) is 0.367. The normalized spacial score (nSPS) is 13.7. The van der Waals surface area contributed by atoms with E-state index < -0.39 is 60.2 Å². The van der Waals surface area contributed by atoms with E-state index in [0.717, 1.165) is 0 Å². The van der Waals surface area contributed by atoms with Gasteiger partial charge in [0.05, 0.1) is 6.04 Å². The highest BCUT2D eigenvalue weighted by atomic mass is 32.2.